The monoisotopic (exact) mass is 452 g/mol. The summed E-state index contributed by atoms with van der Waals surface area (Å²) in [6.45, 7) is 6.40. The molecule has 1 N–H and O–H groups in total. The molecule has 1 aliphatic heterocycles. The second kappa shape index (κ2) is 10.2. The second-order valence-electron chi connectivity index (χ2n) is 9.34. The average molecular weight is 453 g/mol. The minimum Gasteiger partial charge on any atom is -0.352 e. The molecular formula is C29H32N4O. The smallest absolute Gasteiger partial charge is 0.223 e. The first-order valence-electron chi connectivity index (χ1n) is 12.2. The second-order valence-corrected chi connectivity index (χ2v) is 9.34. The maximum atomic E-state index is 12.7. The van der Waals surface area contributed by atoms with Crippen LogP contribution in [0, 0.1) is 12.8 Å². The molecule has 1 aliphatic rings. The van der Waals surface area contributed by atoms with Crippen molar-refractivity contribution in [3.63, 3.8) is 0 Å². The molecule has 34 heavy (non-hydrogen) atoms. The number of hydrogen-bond donors (Lipinski definition) is 1. The average Bonchev–Trinajstić information content (AvgIpc) is 3.21. The number of fused-ring (bicyclic) bond motifs is 1. The van der Waals surface area contributed by atoms with Gasteiger partial charge in [0.25, 0.3) is 0 Å². The van der Waals surface area contributed by atoms with Gasteiger partial charge in [0, 0.05) is 49.2 Å². The number of carbonyl (C=O) groups is 1. The Bertz CT molecular complexity index is 1260. The number of pyridine rings is 1. The van der Waals surface area contributed by atoms with Crippen LogP contribution in [0.4, 0.5) is 0 Å². The maximum absolute atomic E-state index is 12.7. The lowest BCUT2D eigenvalue weighted by atomic mass is 9.95. The van der Waals surface area contributed by atoms with Gasteiger partial charge in [-0.15, -0.1) is 0 Å². The Morgan fingerprint density at radius 1 is 1.00 bits per heavy atom. The van der Waals surface area contributed by atoms with Gasteiger partial charge in [-0.1, -0.05) is 48.5 Å². The number of hydrogen-bond acceptors (Lipinski definition) is 3. The Morgan fingerprint density at radius 2 is 1.79 bits per heavy atom. The lowest BCUT2D eigenvalue weighted by molar-refractivity contribution is -0.126. The molecule has 1 amide bonds. The van der Waals surface area contributed by atoms with E-state index in [1.54, 1.807) is 12.4 Å². The predicted molar refractivity (Wildman–Crippen MR) is 136 cm³/mol. The van der Waals surface area contributed by atoms with E-state index in [0.29, 0.717) is 6.54 Å². The number of aryl methyl sites for hydroxylation is 1. The van der Waals surface area contributed by atoms with Crippen LogP contribution < -0.4 is 5.32 Å². The molecule has 0 spiro atoms. The van der Waals surface area contributed by atoms with E-state index >= 15 is 0 Å². The number of nitrogens with one attached hydrogen (secondary N) is 1. The zero-order valence-electron chi connectivity index (χ0n) is 19.8. The number of nitrogens with zero attached hydrogens (tertiary/aromatic N) is 3. The molecule has 2 aromatic heterocycles. The molecule has 1 fully saturated rings. The zero-order chi connectivity index (χ0) is 23.3. The molecule has 1 saturated heterocycles. The number of aromatic nitrogens is 2. The first kappa shape index (κ1) is 22.4. The van der Waals surface area contributed by atoms with Gasteiger partial charge in [-0.2, -0.15) is 0 Å². The molecule has 0 atom stereocenters. The number of carbonyl (C=O) groups excluding carboxylic acids is 1. The number of rotatable bonds is 7. The summed E-state index contributed by atoms with van der Waals surface area (Å²) in [5.74, 6) is 0.253. The number of likely N-dealkylation sites (tertiary alicyclic amines) is 1. The van der Waals surface area contributed by atoms with Gasteiger partial charge in [-0.05, 0) is 73.1 Å². The van der Waals surface area contributed by atoms with E-state index in [0.717, 1.165) is 44.6 Å². The van der Waals surface area contributed by atoms with Crippen molar-refractivity contribution in [3.05, 3.63) is 102 Å². The van der Waals surface area contributed by atoms with Crippen molar-refractivity contribution in [2.45, 2.75) is 39.4 Å². The summed E-state index contributed by atoms with van der Waals surface area (Å²) in [4.78, 5) is 19.3. The highest BCUT2D eigenvalue weighted by molar-refractivity contribution is 5.81. The molecule has 2 aromatic carbocycles. The van der Waals surface area contributed by atoms with Crippen LogP contribution in [-0.4, -0.2) is 33.4 Å². The number of benzene rings is 2. The zero-order valence-corrected chi connectivity index (χ0v) is 19.8. The Labute approximate surface area is 201 Å². The van der Waals surface area contributed by atoms with E-state index in [1.165, 1.54) is 27.7 Å². The molecule has 0 unspecified atom stereocenters. The molecule has 174 valence electrons. The largest absolute Gasteiger partial charge is 0.352 e. The molecule has 0 saturated carbocycles. The van der Waals surface area contributed by atoms with Crippen LogP contribution in [0.5, 0.6) is 0 Å². The van der Waals surface area contributed by atoms with Gasteiger partial charge in [0.15, 0.2) is 0 Å². The third-order valence-corrected chi connectivity index (χ3v) is 7.02. The standard InChI is InChI=1S/C29H32N4O/c1-22-7-2-3-10-26(22)20-33-27(17-25-9-4-5-11-28(25)33)21-32-15-12-24(13-16-32)29(34)31-19-23-8-6-14-30-18-23/h2-11,14,17-18,24H,12-13,15-16,19-21H2,1H3,(H,31,34). The maximum Gasteiger partial charge on any atom is 0.223 e. The van der Waals surface area contributed by atoms with Gasteiger partial charge in [-0.3, -0.25) is 14.7 Å². The highest BCUT2D eigenvalue weighted by Crippen LogP contribution is 2.25. The first-order valence-corrected chi connectivity index (χ1v) is 12.2. The van der Waals surface area contributed by atoms with E-state index < -0.39 is 0 Å². The van der Waals surface area contributed by atoms with Gasteiger partial charge < -0.3 is 9.88 Å². The van der Waals surface area contributed by atoms with Crippen molar-refractivity contribution in [2.24, 2.45) is 5.92 Å². The van der Waals surface area contributed by atoms with Crippen LogP contribution >= 0.6 is 0 Å². The number of para-hydroxylation sites is 1. The van der Waals surface area contributed by atoms with Crippen LogP contribution in [0.1, 0.15) is 35.2 Å². The van der Waals surface area contributed by atoms with E-state index in [4.69, 9.17) is 0 Å². The Hall–Kier alpha value is -3.44. The fraction of sp³-hybridized carbons (Fsp3) is 0.310. The van der Waals surface area contributed by atoms with Gasteiger partial charge in [0.1, 0.15) is 0 Å². The Balaban J connectivity index is 1.24. The van der Waals surface area contributed by atoms with Crippen LogP contribution in [-0.2, 0) is 24.4 Å². The molecule has 5 rings (SSSR count). The lowest BCUT2D eigenvalue weighted by Crippen LogP contribution is -2.40. The molecular weight excluding hydrogens is 420 g/mol. The van der Waals surface area contributed by atoms with Crippen LogP contribution in [0.3, 0.4) is 0 Å². The predicted octanol–water partition coefficient (Wildman–Crippen LogP) is 4.92. The number of piperidine rings is 1. The molecule has 0 bridgehead atoms. The van der Waals surface area contributed by atoms with Crippen molar-refractivity contribution < 1.29 is 4.79 Å². The highest BCUT2D eigenvalue weighted by Gasteiger charge is 2.25. The molecule has 5 heteroatoms. The quantitative estimate of drug-likeness (QED) is 0.433. The van der Waals surface area contributed by atoms with Crippen LogP contribution in [0.25, 0.3) is 10.9 Å². The van der Waals surface area contributed by atoms with Crippen molar-refractivity contribution in [2.75, 3.05) is 13.1 Å². The fourth-order valence-corrected chi connectivity index (χ4v) is 4.96. The number of amides is 1. The summed E-state index contributed by atoms with van der Waals surface area (Å²) >= 11 is 0. The topological polar surface area (TPSA) is 50.2 Å². The van der Waals surface area contributed by atoms with E-state index in [9.17, 15) is 4.79 Å². The van der Waals surface area contributed by atoms with Crippen molar-refractivity contribution >= 4 is 16.8 Å². The normalized spacial score (nSPS) is 15.0. The third-order valence-electron chi connectivity index (χ3n) is 7.02. The minimum absolute atomic E-state index is 0.0887. The molecule has 0 radical (unpaired) electrons. The molecule has 0 aliphatic carbocycles. The van der Waals surface area contributed by atoms with E-state index in [-0.39, 0.29) is 11.8 Å². The Morgan fingerprint density at radius 3 is 2.59 bits per heavy atom. The van der Waals surface area contributed by atoms with Crippen LogP contribution in [0.15, 0.2) is 79.1 Å². The van der Waals surface area contributed by atoms with E-state index in [2.05, 4.69) is 81.3 Å². The summed E-state index contributed by atoms with van der Waals surface area (Å²) in [7, 11) is 0. The van der Waals surface area contributed by atoms with Gasteiger partial charge in [0.05, 0.1) is 0 Å². The Kier molecular flexibility index (Phi) is 6.72. The van der Waals surface area contributed by atoms with Crippen molar-refractivity contribution in [1.29, 1.82) is 0 Å². The third kappa shape index (κ3) is 5.05. The van der Waals surface area contributed by atoms with Gasteiger partial charge in [0.2, 0.25) is 5.91 Å². The van der Waals surface area contributed by atoms with Crippen molar-refractivity contribution in [3.8, 4) is 0 Å². The SMILES string of the molecule is Cc1ccccc1Cn1c(CN2CCC(C(=O)NCc3cccnc3)CC2)cc2ccccc21. The fourth-order valence-electron chi connectivity index (χ4n) is 4.96. The van der Waals surface area contributed by atoms with Crippen molar-refractivity contribution in [1.82, 2.24) is 19.8 Å². The highest BCUT2D eigenvalue weighted by atomic mass is 16.1. The van der Waals surface area contributed by atoms with Crippen LogP contribution in [0.2, 0.25) is 0 Å². The summed E-state index contributed by atoms with van der Waals surface area (Å²) in [6, 6.07) is 23.5. The molecule has 3 heterocycles. The minimum atomic E-state index is 0.0887. The summed E-state index contributed by atoms with van der Waals surface area (Å²) in [5, 5.41) is 4.38. The van der Waals surface area contributed by atoms with Gasteiger partial charge in [-0.25, -0.2) is 0 Å². The summed E-state index contributed by atoms with van der Waals surface area (Å²) < 4.78 is 2.46. The summed E-state index contributed by atoms with van der Waals surface area (Å²) in [6.07, 6.45) is 5.36. The van der Waals surface area contributed by atoms with Gasteiger partial charge >= 0.3 is 0 Å². The first-order chi connectivity index (χ1) is 16.7. The lowest BCUT2D eigenvalue weighted by Gasteiger charge is -2.31. The van der Waals surface area contributed by atoms with E-state index in [1.807, 2.05) is 12.1 Å². The molecule has 4 aromatic rings. The summed E-state index contributed by atoms with van der Waals surface area (Å²) in [5.41, 5.74) is 6.34. The molecule has 5 nitrogen and oxygen atoms in total.